The van der Waals surface area contributed by atoms with Crippen molar-refractivity contribution in [3.8, 4) is 0 Å². The van der Waals surface area contributed by atoms with Gasteiger partial charge in [0.2, 0.25) is 0 Å². The number of pyridine rings is 1. The predicted octanol–water partition coefficient (Wildman–Crippen LogP) is 0.994. The second-order valence-corrected chi connectivity index (χ2v) is 3.36. The van der Waals surface area contributed by atoms with Crippen LogP contribution in [0.25, 0.3) is 0 Å². The summed E-state index contributed by atoms with van der Waals surface area (Å²) in [5.74, 6) is -2.29. The number of hydrogen-bond acceptors (Lipinski definition) is 5. The summed E-state index contributed by atoms with van der Waals surface area (Å²) in [4.78, 5) is 14.4. The minimum Gasteiger partial charge on any atom is -0.478 e. The zero-order valence-corrected chi connectivity index (χ0v) is 9.98. The molecule has 0 saturated heterocycles. The molecule has 0 atom stereocenters. The van der Waals surface area contributed by atoms with Gasteiger partial charge in [-0.2, -0.15) is 0 Å². The number of anilines is 1. The van der Waals surface area contributed by atoms with E-state index in [-0.39, 0.29) is 5.82 Å². The van der Waals surface area contributed by atoms with E-state index in [1.54, 1.807) is 7.11 Å². The van der Waals surface area contributed by atoms with Crippen molar-refractivity contribution in [3.63, 3.8) is 0 Å². The van der Waals surface area contributed by atoms with Gasteiger partial charge in [0.25, 0.3) is 0 Å². The van der Waals surface area contributed by atoms with Gasteiger partial charge in [0.05, 0.1) is 19.8 Å². The standard InChI is InChI=1S/C11H15FN2O4/c1-17-6-7-18-5-4-14-10-9(12)8(11(15)16)2-3-13-10/h2-3H,4-7H2,1H3,(H,13,14)(H,15,16). The van der Waals surface area contributed by atoms with Crippen LogP contribution < -0.4 is 5.32 Å². The molecule has 0 aliphatic heterocycles. The molecule has 0 bridgehead atoms. The lowest BCUT2D eigenvalue weighted by atomic mass is 10.2. The zero-order chi connectivity index (χ0) is 13.4. The highest BCUT2D eigenvalue weighted by atomic mass is 19.1. The molecule has 0 aliphatic carbocycles. The molecule has 0 unspecified atom stereocenters. The van der Waals surface area contributed by atoms with Crippen LogP contribution in [0, 0.1) is 5.82 Å². The van der Waals surface area contributed by atoms with Gasteiger partial charge in [-0.3, -0.25) is 0 Å². The number of nitrogens with zero attached hydrogens (tertiary/aromatic N) is 1. The minimum atomic E-state index is -1.32. The highest BCUT2D eigenvalue weighted by Gasteiger charge is 2.14. The summed E-state index contributed by atoms with van der Waals surface area (Å²) in [5.41, 5.74) is -0.409. The summed E-state index contributed by atoms with van der Waals surface area (Å²) in [6.45, 7) is 1.61. The van der Waals surface area contributed by atoms with Gasteiger partial charge in [0.1, 0.15) is 5.56 Å². The molecule has 7 heteroatoms. The number of methoxy groups -OCH3 is 1. The highest BCUT2D eigenvalue weighted by molar-refractivity contribution is 5.88. The van der Waals surface area contributed by atoms with Gasteiger partial charge in [-0.05, 0) is 6.07 Å². The fourth-order valence-corrected chi connectivity index (χ4v) is 1.22. The van der Waals surface area contributed by atoms with Crippen molar-refractivity contribution in [1.29, 1.82) is 0 Å². The smallest absolute Gasteiger partial charge is 0.338 e. The molecule has 2 N–H and O–H groups in total. The Labute approximate surface area is 104 Å². The normalized spacial score (nSPS) is 10.3. The molecular formula is C11H15FN2O4. The van der Waals surface area contributed by atoms with E-state index in [0.717, 1.165) is 6.07 Å². The molecule has 1 rings (SSSR count). The van der Waals surface area contributed by atoms with Crippen molar-refractivity contribution in [1.82, 2.24) is 4.98 Å². The second kappa shape index (κ2) is 7.57. The molecule has 0 spiro atoms. The first kappa shape index (κ1) is 14.3. The van der Waals surface area contributed by atoms with Gasteiger partial charge in [0, 0.05) is 19.9 Å². The third-order valence-corrected chi connectivity index (χ3v) is 2.09. The van der Waals surface area contributed by atoms with Crippen LogP contribution in [0.2, 0.25) is 0 Å². The van der Waals surface area contributed by atoms with E-state index >= 15 is 0 Å². The second-order valence-electron chi connectivity index (χ2n) is 3.36. The number of carboxylic acids is 1. The molecule has 0 aromatic carbocycles. The molecule has 1 heterocycles. The Bertz CT molecular complexity index is 401. The summed E-state index contributed by atoms with van der Waals surface area (Å²) in [6.07, 6.45) is 1.24. The van der Waals surface area contributed by atoms with Crippen molar-refractivity contribution >= 4 is 11.8 Å². The molecule has 18 heavy (non-hydrogen) atoms. The number of hydrogen-bond donors (Lipinski definition) is 2. The topological polar surface area (TPSA) is 80.7 Å². The van der Waals surface area contributed by atoms with Gasteiger partial charge in [0.15, 0.2) is 11.6 Å². The predicted molar refractivity (Wildman–Crippen MR) is 62.3 cm³/mol. The molecule has 6 nitrogen and oxygen atoms in total. The fraction of sp³-hybridized carbons (Fsp3) is 0.455. The maximum absolute atomic E-state index is 13.6. The van der Waals surface area contributed by atoms with Crippen LogP contribution in [0.5, 0.6) is 0 Å². The molecule has 0 fully saturated rings. The Morgan fingerprint density at radius 2 is 2.28 bits per heavy atom. The Morgan fingerprint density at radius 3 is 2.94 bits per heavy atom. The molecule has 100 valence electrons. The lowest BCUT2D eigenvalue weighted by molar-refractivity contribution is 0.0691. The van der Waals surface area contributed by atoms with Crippen LogP contribution in [0.15, 0.2) is 12.3 Å². The van der Waals surface area contributed by atoms with Crippen LogP contribution >= 0.6 is 0 Å². The van der Waals surface area contributed by atoms with Crippen LogP contribution in [-0.4, -0.2) is 49.5 Å². The van der Waals surface area contributed by atoms with E-state index in [1.165, 1.54) is 6.20 Å². The SMILES string of the molecule is COCCOCCNc1nccc(C(=O)O)c1F. The molecule has 1 aromatic heterocycles. The van der Waals surface area contributed by atoms with Crippen molar-refractivity contribution < 1.29 is 23.8 Å². The number of ether oxygens (including phenoxy) is 2. The summed E-state index contributed by atoms with van der Waals surface area (Å²) in [5, 5.41) is 11.4. The van der Waals surface area contributed by atoms with Crippen LogP contribution in [0.1, 0.15) is 10.4 Å². The Hall–Kier alpha value is -1.73. The van der Waals surface area contributed by atoms with Crippen molar-refractivity contribution in [2.45, 2.75) is 0 Å². The third-order valence-electron chi connectivity index (χ3n) is 2.09. The quantitative estimate of drug-likeness (QED) is 0.677. The van der Waals surface area contributed by atoms with Gasteiger partial charge < -0.3 is 19.9 Å². The average Bonchev–Trinajstić information content (AvgIpc) is 2.35. The summed E-state index contributed by atoms with van der Waals surface area (Å²) in [6, 6.07) is 1.11. The minimum absolute atomic E-state index is 0.0924. The number of carbonyl (C=O) groups is 1. The van der Waals surface area contributed by atoms with Crippen molar-refractivity contribution in [2.24, 2.45) is 0 Å². The number of aromatic nitrogens is 1. The Morgan fingerprint density at radius 1 is 1.50 bits per heavy atom. The number of rotatable bonds is 8. The van der Waals surface area contributed by atoms with E-state index in [0.29, 0.717) is 26.4 Å². The first-order valence-electron chi connectivity index (χ1n) is 5.35. The molecular weight excluding hydrogens is 243 g/mol. The van der Waals surface area contributed by atoms with E-state index in [2.05, 4.69) is 10.3 Å². The molecule has 0 amide bonds. The lowest BCUT2D eigenvalue weighted by Crippen LogP contribution is -2.14. The number of nitrogens with one attached hydrogen (secondary N) is 1. The van der Waals surface area contributed by atoms with Gasteiger partial charge in [-0.25, -0.2) is 14.2 Å². The van der Waals surface area contributed by atoms with Crippen molar-refractivity contribution in [3.05, 3.63) is 23.6 Å². The Balaban J connectivity index is 2.43. The highest BCUT2D eigenvalue weighted by Crippen LogP contribution is 2.14. The van der Waals surface area contributed by atoms with Gasteiger partial charge in [-0.15, -0.1) is 0 Å². The number of halogens is 1. The van der Waals surface area contributed by atoms with E-state index in [4.69, 9.17) is 14.6 Å². The Kier molecular flexibility index (Phi) is 6.03. The van der Waals surface area contributed by atoms with Crippen LogP contribution in [0.4, 0.5) is 10.2 Å². The average molecular weight is 258 g/mol. The van der Waals surface area contributed by atoms with Gasteiger partial charge in [-0.1, -0.05) is 0 Å². The first-order valence-corrected chi connectivity index (χ1v) is 5.35. The maximum atomic E-state index is 13.6. The lowest BCUT2D eigenvalue weighted by Gasteiger charge is -2.08. The molecule has 0 saturated carbocycles. The van der Waals surface area contributed by atoms with Crippen LogP contribution in [0.3, 0.4) is 0 Å². The summed E-state index contributed by atoms with van der Waals surface area (Å²) in [7, 11) is 1.57. The summed E-state index contributed by atoms with van der Waals surface area (Å²) < 4.78 is 23.5. The zero-order valence-electron chi connectivity index (χ0n) is 9.98. The monoisotopic (exact) mass is 258 g/mol. The van der Waals surface area contributed by atoms with E-state index in [1.807, 2.05) is 0 Å². The van der Waals surface area contributed by atoms with Crippen molar-refractivity contribution in [2.75, 3.05) is 38.8 Å². The third kappa shape index (κ3) is 4.27. The van der Waals surface area contributed by atoms with Gasteiger partial charge >= 0.3 is 5.97 Å². The van der Waals surface area contributed by atoms with Crippen LogP contribution in [-0.2, 0) is 9.47 Å². The number of carboxylic acid groups (broad SMARTS) is 1. The molecule has 0 aliphatic rings. The molecule has 0 radical (unpaired) electrons. The van der Waals surface area contributed by atoms with E-state index < -0.39 is 17.3 Å². The largest absolute Gasteiger partial charge is 0.478 e. The summed E-state index contributed by atoms with van der Waals surface area (Å²) >= 11 is 0. The number of aromatic carboxylic acids is 1. The fourth-order valence-electron chi connectivity index (χ4n) is 1.22. The first-order chi connectivity index (χ1) is 8.66. The maximum Gasteiger partial charge on any atom is 0.338 e. The van der Waals surface area contributed by atoms with E-state index in [9.17, 15) is 9.18 Å². The molecule has 1 aromatic rings.